The maximum atomic E-state index is 14.7. The smallest absolute Gasteiger partial charge is 0.756 e. The van der Waals surface area contributed by atoms with Gasteiger partial charge in [0, 0.05) is 17.8 Å². The van der Waals surface area contributed by atoms with Crippen molar-refractivity contribution in [1.82, 2.24) is 15.0 Å². The number of anilines is 5. The van der Waals surface area contributed by atoms with Gasteiger partial charge in [0.15, 0.2) is 40.3 Å². The van der Waals surface area contributed by atoms with Crippen LogP contribution in [0.1, 0.15) is 13.8 Å². The zero-order valence-electron chi connectivity index (χ0n) is 22.9. The predicted octanol–water partition coefficient (Wildman–Crippen LogP) is -0.533. The average Bonchev–Trinajstić information content (AvgIpc) is 2.89. The normalized spacial score (nSPS) is 15.0. The summed E-state index contributed by atoms with van der Waals surface area (Å²) in [5.41, 5.74) is -0.936. The summed E-state index contributed by atoms with van der Waals surface area (Å²) < 4.78 is 51.9. The maximum Gasteiger partial charge on any atom is 1.00 e. The SMILES string of the molecule is COc1cc(Nc2ncc(F)c(Nc3ccc4c(n3)N(COP(=O)([O-])O)C(=O)C(C)(C)O4)n2)cc(OC)c1OC.[Na+]. The molecular formula is C23H25FN6NaO9P. The third kappa shape index (κ3) is 7.35. The van der Waals surface area contributed by atoms with Crippen molar-refractivity contribution in [2.45, 2.75) is 19.4 Å². The quantitative estimate of drug-likeness (QED) is 0.198. The van der Waals surface area contributed by atoms with E-state index in [1.54, 1.807) is 12.1 Å². The Bertz CT molecular complexity index is 1470. The van der Waals surface area contributed by atoms with Gasteiger partial charge in [0.05, 0.1) is 27.5 Å². The van der Waals surface area contributed by atoms with E-state index in [1.165, 1.54) is 47.3 Å². The van der Waals surface area contributed by atoms with Crippen LogP contribution >= 0.6 is 7.82 Å². The fourth-order valence-corrected chi connectivity index (χ4v) is 3.95. The summed E-state index contributed by atoms with van der Waals surface area (Å²) in [5.74, 6) is -0.678. The summed E-state index contributed by atoms with van der Waals surface area (Å²) in [5, 5.41) is 5.62. The molecule has 1 aliphatic rings. The second kappa shape index (κ2) is 12.7. The third-order valence-corrected chi connectivity index (χ3v) is 5.92. The van der Waals surface area contributed by atoms with Gasteiger partial charge < -0.3 is 39.4 Å². The Hall–Kier alpha value is -3.24. The van der Waals surface area contributed by atoms with Crippen LogP contribution in [0, 0.1) is 5.82 Å². The van der Waals surface area contributed by atoms with Crippen molar-refractivity contribution in [1.29, 1.82) is 0 Å². The van der Waals surface area contributed by atoms with Crippen LogP contribution in [-0.2, 0) is 13.9 Å². The van der Waals surface area contributed by atoms with E-state index in [-0.39, 0.29) is 58.7 Å². The molecule has 3 heterocycles. The number of fused-ring (bicyclic) bond motifs is 1. The van der Waals surface area contributed by atoms with Crippen molar-refractivity contribution in [2.75, 3.05) is 43.6 Å². The van der Waals surface area contributed by atoms with Crippen LogP contribution in [0.3, 0.4) is 0 Å². The molecule has 0 saturated heterocycles. The number of phosphoric acid groups is 1. The zero-order valence-corrected chi connectivity index (χ0v) is 25.8. The number of aromatic nitrogens is 3. The van der Waals surface area contributed by atoms with Crippen LogP contribution < -0.4 is 68.9 Å². The molecule has 1 aromatic carbocycles. The molecule has 1 atom stereocenters. The zero-order chi connectivity index (χ0) is 29.2. The first kappa shape index (κ1) is 32.3. The van der Waals surface area contributed by atoms with Gasteiger partial charge in [-0.2, -0.15) is 4.98 Å². The van der Waals surface area contributed by atoms with E-state index in [0.717, 1.165) is 11.1 Å². The molecule has 3 N–H and O–H groups in total. The number of halogens is 1. The van der Waals surface area contributed by atoms with Crippen LogP contribution in [-0.4, -0.2) is 59.4 Å². The number of rotatable bonds is 10. The summed E-state index contributed by atoms with van der Waals surface area (Å²) in [6.45, 7) is 2.06. The number of carbonyl (C=O) groups excluding carboxylic acids is 1. The van der Waals surface area contributed by atoms with Crippen molar-refractivity contribution in [3.8, 4) is 23.0 Å². The Morgan fingerprint density at radius 3 is 2.37 bits per heavy atom. The second-order valence-corrected chi connectivity index (χ2v) is 9.84. The van der Waals surface area contributed by atoms with E-state index in [0.29, 0.717) is 22.9 Å². The van der Waals surface area contributed by atoms with Gasteiger partial charge in [0.25, 0.3) is 13.7 Å². The summed E-state index contributed by atoms with van der Waals surface area (Å²) in [4.78, 5) is 46.2. The number of nitrogens with zero attached hydrogens (tertiary/aromatic N) is 4. The molecular weight excluding hydrogens is 577 g/mol. The largest absolute Gasteiger partial charge is 1.00 e. The molecule has 1 aliphatic heterocycles. The fourth-order valence-electron chi connectivity index (χ4n) is 3.69. The molecule has 0 radical (unpaired) electrons. The van der Waals surface area contributed by atoms with Gasteiger partial charge in [-0.1, -0.05) is 0 Å². The number of benzene rings is 1. The van der Waals surface area contributed by atoms with E-state index in [1.807, 2.05) is 0 Å². The van der Waals surface area contributed by atoms with E-state index < -0.39 is 31.9 Å². The first-order valence-electron chi connectivity index (χ1n) is 11.4. The van der Waals surface area contributed by atoms with Crippen LogP contribution in [0.15, 0.2) is 30.5 Å². The van der Waals surface area contributed by atoms with Gasteiger partial charge in [-0.25, -0.2) is 14.4 Å². The Morgan fingerprint density at radius 2 is 1.78 bits per heavy atom. The summed E-state index contributed by atoms with van der Waals surface area (Å²) >= 11 is 0. The summed E-state index contributed by atoms with van der Waals surface area (Å²) in [7, 11) is -0.780. The van der Waals surface area contributed by atoms with Gasteiger partial charge in [0.2, 0.25) is 11.7 Å². The van der Waals surface area contributed by atoms with Crippen molar-refractivity contribution < 1.29 is 76.6 Å². The number of hydrogen-bond acceptors (Lipinski definition) is 13. The molecule has 1 unspecified atom stereocenters. The molecule has 0 spiro atoms. The number of amides is 1. The predicted molar refractivity (Wildman–Crippen MR) is 137 cm³/mol. The van der Waals surface area contributed by atoms with Crippen LogP contribution in [0.5, 0.6) is 23.0 Å². The third-order valence-electron chi connectivity index (χ3n) is 5.48. The molecule has 1 amide bonds. The van der Waals surface area contributed by atoms with E-state index >= 15 is 0 Å². The molecule has 3 aromatic rings. The number of hydrogen-bond donors (Lipinski definition) is 3. The van der Waals surface area contributed by atoms with Gasteiger partial charge >= 0.3 is 29.6 Å². The molecule has 0 bridgehead atoms. The summed E-state index contributed by atoms with van der Waals surface area (Å²) in [6.07, 6.45) is 0.927. The Morgan fingerprint density at radius 1 is 1.12 bits per heavy atom. The number of pyridine rings is 1. The topological polar surface area (TPSA) is 190 Å². The van der Waals surface area contributed by atoms with Crippen LogP contribution in [0.2, 0.25) is 0 Å². The molecule has 15 nitrogen and oxygen atoms in total. The minimum Gasteiger partial charge on any atom is -0.756 e. The second-order valence-electron chi connectivity index (χ2n) is 8.64. The van der Waals surface area contributed by atoms with Crippen LogP contribution in [0.4, 0.5) is 33.5 Å². The van der Waals surface area contributed by atoms with Crippen LogP contribution in [0.25, 0.3) is 0 Å². The van der Waals surface area contributed by atoms with E-state index in [4.69, 9.17) is 23.8 Å². The van der Waals surface area contributed by atoms with Gasteiger partial charge in [-0.05, 0) is 26.0 Å². The van der Waals surface area contributed by atoms with Crippen molar-refractivity contribution in [3.05, 3.63) is 36.3 Å². The number of nitrogens with one attached hydrogen (secondary N) is 2. The Labute approximate surface area is 255 Å². The average molecular weight is 602 g/mol. The molecule has 0 fully saturated rings. The Kier molecular flexibility index (Phi) is 10.0. The first-order chi connectivity index (χ1) is 18.8. The standard InChI is InChI=1S/C23H26FN6O9P.Na/c1-23(2)21(31)30(11-38-40(32,33)34)20-14(39-23)6-7-17(28-20)27-19-13(24)10-25-22(29-19)26-12-8-15(35-3)18(37-5)16(9-12)36-4;/h6-10H,11H2,1-5H3,(H2,32,33,34)(H2,25,26,27,28,29);/q;+1/p-1. The molecule has 214 valence electrons. The van der Waals surface area contributed by atoms with Crippen molar-refractivity contribution in [3.63, 3.8) is 0 Å². The Balaban J connectivity index is 0.00000462. The number of phosphoric ester groups is 1. The number of methoxy groups -OCH3 is 3. The minimum absolute atomic E-state index is 0. The molecule has 2 aromatic heterocycles. The van der Waals surface area contributed by atoms with Gasteiger partial charge in [0.1, 0.15) is 12.5 Å². The monoisotopic (exact) mass is 602 g/mol. The maximum absolute atomic E-state index is 14.7. The molecule has 18 heteroatoms. The molecule has 41 heavy (non-hydrogen) atoms. The first-order valence-corrected chi connectivity index (χ1v) is 12.9. The van der Waals surface area contributed by atoms with Gasteiger partial charge in [-0.3, -0.25) is 18.8 Å². The number of carbonyl (C=O) groups is 1. The molecule has 0 saturated carbocycles. The van der Waals surface area contributed by atoms with Crippen molar-refractivity contribution >= 4 is 42.8 Å². The fraction of sp³-hybridized carbons (Fsp3) is 0.304. The van der Waals surface area contributed by atoms with Gasteiger partial charge in [-0.15, -0.1) is 0 Å². The van der Waals surface area contributed by atoms with Crippen molar-refractivity contribution in [2.24, 2.45) is 0 Å². The molecule has 0 aliphatic carbocycles. The van der Waals surface area contributed by atoms with E-state index in [2.05, 4.69) is 30.1 Å². The number of ether oxygens (including phenoxy) is 4. The molecule has 4 rings (SSSR count). The summed E-state index contributed by atoms with van der Waals surface area (Å²) in [6, 6.07) is 6.08. The van der Waals surface area contributed by atoms with E-state index in [9.17, 15) is 18.6 Å². The minimum atomic E-state index is -5.16.